The zero-order valence-electron chi connectivity index (χ0n) is 19.7. The van der Waals surface area contributed by atoms with Gasteiger partial charge in [-0.15, -0.1) is 23.1 Å². The van der Waals surface area contributed by atoms with E-state index in [4.69, 9.17) is 4.74 Å². The Morgan fingerprint density at radius 3 is 2.36 bits per heavy atom. The summed E-state index contributed by atoms with van der Waals surface area (Å²) in [5.41, 5.74) is -0.0708. The Morgan fingerprint density at radius 2 is 1.67 bits per heavy atom. The Hall–Kier alpha value is -0.830. The molecule has 0 bridgehead atoms. The number of thioether (sulfide) groups is 1. The highest BCUT2D eigenvalue weighted by Gasteiger charge is 2.72. The van der Waals surface area contributed by atoms with Gasteiger partial charge in [-0.1, -0.05) is 18.6 Å². The van der Waals surface area contributed by atoms with Crippen molar-refractivity contribution in [2.24, 2.45) is 0 Å². The van der Waals surface area contributed by atoms with Gasteiger partial charge in [0.1, 0.15) is 16.5 Å². The smallest absolute Gasteiger partial charge is 0.139 e. The SMILES string of the molecule is C1=COC(C2(c3cccs3)SCC(N3CCCCC3)C2(N2CCCC2)N2CCNCC2)C=C1. The van der Waals surface area contributed by atoms with E-state index in [9.17, 15) is 0 Å². The molecule has 0 amide bonds. The summed E-state index contributed by atoms with van der Waals surface area (Å²) in [5, 5.41) is 5.93. The normalized spacial score (nSPS) is 38.7. The fourth-order valence-corrected chi connectivity index (χ4v) is 10.4. The Morgan fingerprint density at radius 1 is 0.909 bits per heavy atom. The molecule has 0 aromatic carbocycles. The maximum absolute atomic E-state index is 6.56. The van der Waals surface area contributed by atoms with Crippen molar-refractivity contribution in [1.29, 1.82) is 0 Å². The summed E-state index contributed by atoms with van der Waals surface area (Å²) in [7, 11) is 0. The van der Waals surface area contributed by atoms with Crippen LogP contribution in [0.1, 0.15) is 37.0 Å². The molecular weight excluding hydrogens is 448 g/mol. The molecule has 0 spiro atoms. The molecule has 6 heterocycles. The summed E-state index contributed by atoms with van der Waals surface area (Å²) < 4.78 is 6.41. The summed E-state index contributed by atoms with van der Waals surface area (Å²) in [6, 6.07) is 5.17. The van der Waals surface area contributed by atoms with Crippen molar-refractivity contribution in [3.8, 4) is 0 Å². The van der Waals surface area contributed by atoms with Crippen LogP contribution in [0.4, 0.5) is 0 Å². The molecule has 1 aromatic rings. The minimum Gasteiger partial charge on any atom is -0.492 e. The Labute approximate surface area is 207 Å². The number of nitrogens with zero attached hydrogens (tertiary/aromatic N) is 3. The molecule has 0 aliphatic carbocycles. The Bertz CT molecular complexity index is 842. The third-order valence-corrected chi connectivity index (χ3v) is 11.3. The van der Waals surface area contributed by atoms with Crippen LogP contribution >= 0.6 is 23.1 Å². The van der Waals surface area contributed by atoms with Crippen LogP contribution < -0.4 is 5.32 Å². The number of hydrogen-bond donors (Lipinski definition) is 1. The van der Waals surface area contributed by atoms with E-state index in [2.05, 4.69) is 61.4 Å². The molecule has 4 saturated heterocycles. The molecule has 1 aromatic heterocycles. The maximum Gasteiger partial charge on any atom is 0.139 e. The molecule has 0 radical (unpaired) electrons. The average Bonchev–Trinajstić information content (AvgIpc) is 3.66. The lowest BCUT2D eigenvalue weighted by molar-refractivity contribution is -0.143. The second-order valence-electron chi connectivity index (χ2n) is 10.1. The van der Waals surface area contributed by atoms with Crippen LogP contribution in [-0.4, -0.2) is 90.6 Å². The molecule has 6 rings (SSSR count). The number of ether oxygens (including phenoxy) is 1. The Balaban J connectivity index is 1.57. The first-order chi connectivity index (χ1) is 16.4. The summed E-state index contributed by atoms with van der Waals surface area (Å²) in [6.45, 7) is 9.27. The van der Waals surface area contributed by atoms with Crippen LogP contribution in [0.2, 0.25) is 0 Å². The monoisotopic (exact) mass is 486 g/mol. The van der Waals surface area contributed by atoms with E-state index in [1.54, 1.807) is 0 Å². The van der Waals surface area contributed by atoms with Gasteiger partial charge in [0.15, 0.2) is 0 Å². The van der Waals surface area contributed by atoms with Crippen molar-refractivity contribution >= 4 is 23.1 Å². The largest absolute Gasteiger partial charge is 0.492 e. The molecule has 4 atom stereocenters. The first kappa shape index (κ1) is 22.6. The highest BCUT2D eigenvalue weighted by molar-refractivity contribution is 8.00. The van der Waals surface area contributed by atoms with Crippen molar-refractivity contribution in [3.05, 3.63) is 46.9 Å². The van der Waals surface area contributed by atoms with E-state index in [1.807, 2.05) is 23.7 Å². The molecule has 4 fully saturated rings. The molecule has 180 valence electrons. The fourth-order valence-electron chi connectivity index (χ4n) is 7.22. The van der Waals surface area contributed by atoms with Gasteiger partial charge in [-0.25, -0.2) is 0 Å². The van der Waals surface area contributed by atoms with Gasteiger partial charge in [0.25, 0.3) is 0 Å². The molecule has 33 heavy (non-hydrogen) atoms. The quantitative estimate of drug-likeness (QED) is 0.683. The van der Waals surface area contributed by atoms with Gasteiger partial charge in [-0.2, -0.15) is 0 Å². The summed E-state index contributed by atoms with van der Waals surface area (Å²) >= 11 is 4.14. The number of piperazine rings is 1. The van der Waals surface area contributed by atoms with Crippen molar-refractivity contribution in [3.63, 3.8) is 0 Å². The van der Waals surface area contributed by atoms with Gasteiger partial charge in [0.2, 0.25) is 0 Å². The van der Waals surface area contributed by atoms with Crippen molar-refractivity contribution in [2.75, 3.05) is 58.1 Å². The standard InChI is InChI=1S/C26H38N4OS2/c1-3-13-28(14-4-1)22-21-33-25(24-10-8-20-32-24,23-9-2-7-19-31-23)26(22,29-15-5-6-16-29)30-17-11-27-12-18-30/h2,7-10,19-20,22-23,27H,1,3-6,11-18,21H2. The van der Waals surface area contributed by atoms with Gasteiger partial charge in [-0.3, -0.25) is 14.7 Å². The van der Waals surface area contributed by atoms with Crippen molar-refractivity contribution in [1.82, 2.24) is 20.0 Å². The lowest BCUT2D eigenvalue weighted by Crippen LogP contribution is -2.79. The van der Waals surface area contributed by atoms with Crippen molar-refractivity contribution < 1.29 is 4.74 Å². The molecule has 1 N–H and O–H groups in total. The lowest BCUT2D eigenvalue weighted by Gasteiger charge is -2.62. The second kappa shape index (κ2) is 9.67. The number of likely N-dealkylation sites (tertiary alicyclic amines) is 2. The number of nitrogens with one attached hydrogen (secondary N) is 1. The molecule has 5 aliphatic heterocycles. The number of piperidine rings is 1. The first-order valence-corrected chi connectivity index (χ1v) is 14.9. The average molecular weight is 487 g/mol. The zero-order chi connectivity index (χ0) is 22.1. The van der Waals surface area contributed by atoms with Gasteiger partial charge in [0.05, 0.1) is 12.3 Å². The van der Waals surface area contributed by atoms with Crippen LogP contribution in [0.5, 0.6) is 0 Å². The molecule has 0 saturated carbocycles. The van der Waals surface area contributed by atoms with Crippen LogP contribution in [0.15, 0.2) is 42.0 Å². The van der Waals surface area contributed by atoms with Crippen LogP contribution in [-0.2, 0) is 9.48 Å². The van der Waals surface area contributed by atoms with E-state index in [-0.39, 0.29) is 16.5 Å². The molecule has 4 unspecified atom stereocenters. The second-order valence-corrected chi connectivity index (χ2v) is 12.3. The van der Waals surface area contributed by atoms with Crippen LogP contribution in [0.25, 0.3) is 0 Å². The summed E-state index contributed by atoms with van der Waals surface area (Å²) in [5.74, 6) is 1.18. The summed E-state index contributed by atoms with van der Waals surface area (Å²) in [6.07, 6.45) is 15.3. The molecule has 5 aliphatic rings. The highest BCUT2D eigenvalue weighted by Crippen LogP contribution is 2.63. The highest BCUT2D eigenvalue weighted by atomic mass is 32.2. The van der Waals surface area contributed by atoms with Crippen molar-refractivity contribution in [2.45, 2.75) is 54.7 Å². The minimum atomic E-state index is -0.147. The van der Waals surface area contributed by atoms with E-state index in [1.165, 1.54) is 68.9 Å². The fraction of sp³-hybridized carbons (Fsp3) is 0.692. The third-order valence-electron chi connectivity index (χ3n) is 8.49. The van der Waals surface area contributed by atoms with E-state index in [0.717, 1.165) is 26.2 Å². The first-order valence-electron chi connectivity index (χ1n) is 13.0. The van der Waals surface area contributed by atoms with E-state index >= 15 is 0 Å². The molecular formula is C26H38N4OS2. The van der Waals surface area contributed by atoms with Crippen LogP contribution in [0, 0.1) is 0 Å². The minimum absolute atomic E-state index is 0.0384. The number of rotatable bonds is 5. The molecule has 5 nitrogen and oxygen atoms in total. The van der Waals surface area contributed by atoms with Gasteiger partial charge in [-0.05, 0) is 62.4 Å². The number of hydrogen-bond acceptors (Lipinski definition) is 7. The van der Waals surface area contributed by atoms with Gasteiger partial charge in [0, 0.05) is 49.9 Å². The Kier molecular flexibility index (Phi) is 6.63. The maximum atomic E-state index is 6.56. The number of allylic oxidation sites excluding steroid dienone is 2. The topological polar surface area (TPSA) is 31.0 Å². The predicted molar refractivity (Wildman–Crippen MR) is 139 cm³/mol. The lowest BCUT2D eigenvalue weighted by atomic mass is 9.76. The van der Waals surface area contributed by atoms with E-state index < -0.39 is 0 Å². The third kappa shape index (κ3) is 3.57. The van der Waals surface area contributed by atoms with Gasteiger partial charge >= 0.3 is 0 Å². The summed E-state index contributed by atoms with van der Waals surface area (Å²) in [4.78, 5) is 10.2. The molecule has 7 heteroatoms. The van der Waals surface area contributed by atoms with E-state index in [0.29, 0.717) is 6.04 Å². The predicted octanol–water partition coefficient (Wildman–Crippen LogP) is 3.71. The zero-order valence-corrected chi connectivity index (χ0v) is 21.3. The number of thiophene rings is 1. The van der Waals surface area contributed by atoms with Crippen LogP contribution in [0.3, 0.4) is 0 Å². The van der Waals surface area contributed by atoms with Gasteiger partial charge < -0.3 is 10.1 Å².